The monoisotopic (exact) mass is 290 g/mol. The fourth-order valence-electron chi connectivity index (χ4n) is 1.84. The lowest BCUT2D eigenvalue weighted by Crippen LogP contribution is -2.32. The number of nitrogens with zero attached hydrogens (tertiary/aromatic N) is 3. The fraction of sp³-hybridized carbons (Fsp3) is 0.357. The molecule has 1 N–H and O–H groups in total. The van der Waals surface area contributed by atoms with Crippen LogP contribution < -0.4 is 10.5 Å². The van der Waals surface area contributed by atoms with Gasteiger partial charge < -0.3 is 14.2 Å². The van der Waals surface area contributed by atoms with Gasteiger partial charge in [-0.05, 0) is 19.1 Å². The number of rotatable bonds is 4. The van der Waals surface area contributed by atoms with Crippen molar-refractivity contribution < 1.29 is 9.21 Å². The van der Waals surface area contributed by atoms with Crippen LogP contribution >= 0.6 is 0 Å². The first-order valence-corrected chi connectivity index (χ1v) is 6.49. The molecular weight excluding hydrogens is 272 g/mol. The van der Waals surface area contributed by atoms with E-state index in [-0.39, 0.29) is 23.2 Å². The van der Waals surface area contributed by atoms with Crippen molar-refractivity contribution >= 4 is 11.9 Å². The van der Waals surface area contributed by atoms with E-state index in [0.29, 0.717) is 11.7 Å². The van der Waals surface area contributed by atoms with Gasteiger partial charge in [0.2, 0.25) is 5.95 Å². The van der Waals surface area contributed by atoms with Crippen LogP contribution in [0.25, 0.3) is 0 Å². The maximum atomic E-state index is 12.5. The van der Waals surface area contributed by atoms with Gasteiger partial charge in [0.15, 0.2) is 0 Å². The number of nitrogens with one attached hydrogen (secondary N) is 1. The molecule has 0 bridgehead atoms. The number of carbonyl (C=O) groups excluding carboxylic acids is 1. The zero-order valence-corrected chi connectivity index (χ0v) is 12.5. The molecule has 21 heavy (non-hydrogen) atoms. The zero-order valence-electron chi connectivity index (χ0n) is 12.5. The number of hydrogen-bond acceptors (Lipinski definition) is 5. The molecule has 0 radical (unpaired) electrons. The molecular formula is C14H18N4O3. The zero-order chi connectivity index (χ0) is 15.6. The minimum absolute atomic E-state index is 0.100. The smallest absolute Gasteiger partial charge is 0.273 e. The molecule has 0 aliphatic heterocycles. The van der Waals surface area contributed by atoms with E-state index in [9.17, 15) is 9.59 Å². The van der Waals surface area contributed by atoms with Crippen LogP contribution in [-0.4, -0.2) is 41.9 Å². The number of aromatic amines is 1. The van der Waals surface area contributed by atoms with E-state index in [0.717, 1.165) is 0 Å². The third kappa shape index (κ3) is 3.13. The maximum absolute atomic E-state index is 12.5. The van der Waals surface area contributed by atoms with Gasteiger partial charge in [0.1, 0.15) is 11.5 Å². The Hall–Kier alpha value is -2.57. The van der Waals surface area contributed by atoms with Gasteiger partial charge in [-0.1, -0.05) is 0 Å². The molecule has 7 nitrogen and oxygen atoms in total. The Bertz CT molecular complexity index is 676. The van der Waals surface area contributed by atoms with Crippen molar-refractivity contribution in [3.63, 3.8) is 0 Å². The number of hydrogen-bond donors (Lipinski definition) is 1. The Morgan fingerprint density at radius 1 is 1.38 bits per heavy atom. The number of carbonyl (C=O) groups is 1. The van der Waals surface area contributed by atoms with Gasteiger partial charge in [0.05, 0.1) is 12.3 Å². The number of H-pyrrole nitrogens is 1. The van der Waals surface area contributed by atoms with Gasteiger partial charge in [-0.25, -0.2) is 4.98 Å². The summed E-state index contributed by atoms with van der Waals surface area (Å²) in [6, 6.07) is 4.50. The molecule has 1 atom stereocenters. The summed E-state index contributed by atoms with van der Waals surface area (Å²) in [5, 5.41) is 0. The van der Waals surface area contributed by atoms with Crippen molar-refractivity contribution in [2.24, 2.45) is 0 Å². The Kier molecular flexibility index (Phi) is 4.11. The second kappa shape index (κ2) is 5.82. The van der Waals surface area contributed by atoms with E-state index in [1.54, 1.807) is 44.4 Å². The Morgan fingerprint density at radius 2 is 2.10 bits per heavy atom. The van der Waals surface area contributed by atoms with Crippen LogP contribution in [0.1, 0.15) is 29.2 Å². The second-order valence-corrected chi connectivity index (χ2v) is 4.96. The molecule has 2 aromatic rings. The van der Waals surface area contributed by atoms with Crippen LogP contribution in [-0.2, 0) is 0 Å². The molecule has 112 valence electrons. The molecule has 7 heteroatoms. The van der Waals surface area contributed by atoms with E-state index in [4.69, 9.17) is 4.42 Å². The van der Waals surface area contributed by atoms with E-state index in [1.165, 1.54) is 11.0 Å². The number of anilines is 1. The molecule has 2 rings (SSSR count). The van der Waals surface area contributed by atoms with Gasteiger partial charge in [0, 0.05) is 27.2 Å². The summed E-state index contributed by atoms with van der Waals surface area (Å²) in [7, 11) is 5.12. The average Bonchev–Trinajstić information content (AvgIpc) is 2.98. The van der Waals surface area contributed by atoms with Crippen molar-refractivity contribution in [3.8, 4) is 0 Å². The predicted octanol–water partition coefficient (Wildman–Crippen LogP) is 1.26. The van der Waals surface area contributed by atoms with Gasteiger partial charge in [-0.3, -0.25) is 14.6 Å². The summed E-state index contributed by atoms with van der Waals surface area (Å²) in [5.41, 5.74) is -0.264. The summed E-state index contributed by atoms with van der Waals surface area (Å²) in [4.78, 5) is 33.9. The van der Waals surface area contributed by atoms with E-state index < -0.39 is 0 Å². The molecule has 1 amide bonds. The highest BCUT2D eigenvalue weighted by Gasteiger charge is 2.22. The van der Waals surface area contributed by atoms with E-state index in [1.807, 2.05) is 6.92 Å². The average molecular weight is 290 g/mol. The Balaban J connectivity index is 2.29. The molecule has 0 aliphatic rings. The highest BCUT2D eigenvalue weighted by Crippen LogP contribution is 2.20. The third-order valence-corrected chi connectivity index (χ3v) is 3.23. The molecule has 0 saturated heterocycles. The van der Waals surface area contributed by atoms with Crippen molar-refractivity contribution in [1.29, 1.82) is 0 Å². The fourth-order valence-corrected chi connectivity index (χ4v) is 1.84. The minimum Gasteiger partial charge on any atom is -0.467 e. The molecule has 0 aromatic carbocycles. The first kappa shape index (κ1) is 14.8. The van der Waals surface area contributed by atoms with Crippen molar-refractivity contribution in [2.45, 2.75) is 13.0 Å². The van der Waals surface area contributed by atoms with E-state index in [2.05, 4.69) is 9.97 Å². The lowest BCUT2D eigenvalue weighted by Gasteiger charge is -2.23. The predicted molar refractivity (Wildman–Crippen MR) is 78.4 cm³/mol. The van der Waals surface area contributed by atoms with Gasteiger partial charge in [-0.15, -0.1) is 0 Å². The standard InChI is InChI=1S/C14H18N4O3/c1-9(11-6-5-7-21-11)18(4)13(20)10-8-12(19)16-14(15-10)17(2)3/h5-9H,1-4H3,(H,15,16,19)/t9-/m1/s1. The largest absolute Gasteiger partial charge is 0.467 e. The Labute approximate surface area is 122 Å². The summed E-state index contributed by atoms with van der Waals surface area (Å²) in [6.45, 7) is 1.84. The highest BCUT2D eigenvalue weighted by atomic mass is 16.3. The number of aromatic nitrogens is 2. The lowest BCUT2D eigenvalue weighted by atomic mass is 10.2. The van der Waals surface area contributed by atoms with Crippen LogP contribution in [0, 0.1) is 0 Å². The number of amides is 1. The van der Waals surface area contributed by atoms with Gasteiger partial charge >= 0.3 is 0 Å². The highest BCUT2D eigenvalue weighted by molar-refractivity contribution is 5.92. The Morgan fingerprint density at radius 3 is 2.67 bits per heavy atom. The summed E-state index contributed by atoms with van der Waals surface area (Å²) < 4.78 is 5.30. The van der Waals surface area contributed by atoms with Gasteiger partial charge in [-0.2, -0.15) is 0 Å². The van der Waals surface area contributed by atoms with Crippen LogP contribution in [0.15, 0.2) is 33.7 Å². The first-order chi connectivity index (χ1) is 9.90. The summed E-state index contributed by atoms with van der Waals surface area (Å²) in [5.74, 6) is 0.668. The normalized spacial score (nSPS) is 12.0. The molecule has 2 heterocycles. The first-order valence-electron chi connectivity index (χ1n) is 6.49. The molecule has 0 saturated carbocycles. The van der Waals surface area contributed by atoms with Crippen molar-refractivity contribution in [1.82, 2.24) is 14.9 Å². The molecule has 0 aliphatic carbocycles. The van der Waals surface area contributed by atoms with Crippen LogP contribution in [0.3, 0.4) is 0 Å². The molecule has 0 fully saturated rings. The van der Waals surface area contributed by atoms with Crippen molar-refractivity contribution in [3.05, 3.63) is 46.3 Å². The third-order valence-electron chi connectivity index (χ3n) is 3.23. The quantitative estimate of drug-likeness (QED) is 0.916. The van der Waals surface area contributed by atoms with Crippen LogP contribution in [0.2, 0.25) is 0 Å². The van der Waals surface area contributed by atoms with E-state index >= 15 is 0 Å². The SMILES string of the molecule is C[C@H](c1ccco1)N(C)C(=O)c1cc(=O)[nH]c(N(C)C)n1. The van der Waals surface area contributed by atoms with Gasteiger partial charge in [0.25, 0.3) is 11.5 Å². The van der Waals surface area contributed by atoms with Crippen LogP contribution in [0.4, 0.5) is 5.95 Å². The topological polar surface area (TPSA) is 82.4 Å². The van der Waals surface area contributed by atoms with Crippen molar-refractivity contribution in [2.75, 3.05) is 26.0 Å². The summed E-state index contributed by atoms with van der Waals surface area (Å²) in [6.07, 6.45) is 1.56. The molecule has 2 aromatic heterocycles. The number of furan rings is 1. The minimum atomic E-state index is -0.365. The molecule has 0 unspecified atom stereocenters. The maximum Gasteiger partial charge on any atom is 0.273 e. The summed E-state index contributed by atoms with van der Waals surface area (Å²) >= 11 is 0. The second-order valence-electron chi connectivity index (χ2n) is 4.96. The molecule has 0 spiro atoms. The van der Waals surface area contributed by atoms with Crippen LogP contribution in [0.5, 0.6) is 0 Å². The lowest BCUT2D eigenvalue weighted by molar-refractivity contribution is 0.0720.